The van der Waals surface area contributed by atoms with Crippen molar-refractivity contribution in [3.63, 3.8) is 0 Å². The Morgan fingerprint density at radius 2 is 1.88 bits per heavy atom. The molecule has 6 heteroatoms. The van der Waals surface area contributed by atoms with Crippen LogP contribution in [0.15, 0.2) is 30.6 Å². The van der Waals surface area contributed by atoms with Gasteiger partial charge in [-0.15, -0.1) is 0 Å². The van der Waals surface area contributed by atoms with E-state index < -0.39 is 0 Å². The van der Waals surface area contributed by atoms with Gasteiger partial charge in [0, 0.05) is 36.4 Å². The summed E-state index contributed by atoms with van der Waals surface area (Å²) in [4.78, 5) is 8.73. The smallest absolute Gasteiger partial charge is 0.0621 e. The average Bonchev–Trinajstić information content (AvgIpc) is 2.59. The lowest BCUT2D eigenvalue weighted by atomic mass is 10.1. The molecular formula is C18H23Cl2N3O. The van der Waals surface area contributed by atoms with Gasteiger partial charge >= 0.3 is 0 Å². The Morgan fingerprint density at radius 3 is 2.58 bits per heavy atom. The Kier molecular flexibility index (Phi) is 7.92. The molecule has 2 rings (SSSR count). The highest BCUT2D eigenvalue weighted by atomic mass is 35.5. The van der Waals surface area contributed by atoms with Crippen LogP contribution in [-0.2, 0) is 19.3 Å². The molecule has 0 radical (unpaired) electrons. The van der Waals surface area contributed by atoms with Gasteiger partial charge in [0.1, 0.15) is 0 Å². The molecule has 4 nitrogen and oxygen atoms in total. The van der Waals surface area contributed by atoms with E-state index in [1.54, 1.807) is 12.4 Å². The molecule has 0 aliphatic rings. The number of aliphatic hydroxyl groups excluding tert-OH is 1. The predicted octanol–water partition coefficient (Wildman–Crippen LogP) is 3.47. The Morgan fingerprint density at radius 1 is 1.08 bits per heavy atom. The minimum atomic E-state index is 0.159. The van der Waals surface area contributed by atoms with Gasteiger partial charge in [-0.25, -0.2) is 0 Å². The van der Waals surface area contributed by atoms with Gasteiger partial charge in [-0.1, -0.05) is 23.2 Å². The molecular weight excluding hydrogens is 345 g/mol. The summed E-state index contributed by atoms with van der Waals surface area (Å²) in [7, 11) is 0. The largest absolute Gasteiger partial charge is 0.395 e. The third-order valence-corrected chi connectivity index (χ3v) is 4.43. The number of halogens is 2. The van der Waals surface area contributed by atoms with E-state index in [2.05, 4.69) is 28.3 Å². The van der Waals surface area contributed by atoms with Crippen molar-refractivity contribution in [1.82, 2.24) is 15.3 Å². The van der Waals surface area contributed by atoms with Crippen LogP contribution < -0.4 is 5.32 Å². The first-order valence-electron chi connectivity index (χ1n) is 8.16. The lowest BCUT2D eigenvalue weighted by Gasteiger charge is -2.13. The summed E-state index contributed by atoms with van der Waals surface area (Å²) in [6, 6.07) is 6.21. The predicted molar refractivity (Wildman–Crippen MR) is 98.8 cm³/mol. The quantitative estimate of drug-likeness (QED) is 0.712. The van der Waals surface area contributed by atoms with E-state index in [0.29, 0.717) is 22.6 Å². The van der Waals surface area contributed by atoms with Gasteiger partial charge in [0.15, 0.2) is 0 Å². The first kappa shape index (κ1) is 19.1. The summed E-state index contributed by atoms with van der Waals surface area (Å²) in [6.45, 7) is 2.89. The maximum absolute atomic E-state index is 8.83. The molecule has 0 aliphatic carbocycles. The zero-order valence-electron chi connectivity index (χ0n) is 13.8. The molecule has 2 N–H and O–H groups in total. The SMILES string of the molecule is CC(CCc1cc(CCc2ccc(Cl)cn2)c(Cl)cn1)NCCO. The van der Waals surface area contributed by atoms with E-state index in [1.807, 2.05) is 12.1 Å². The van der Waals surface area contributed by atoms with Gasteiger partial charge in [-0.2, -0.15) is 0 Å². The second kappa shape index (κ2) is 9.94. The molecule has 0 amide bonds. The van der Waals surface area contributed by atoms with Crippen LogP contribution in [0.25, 0.3) is 0 Å². The number of hydrogen-bond acceptors (Lipinski definition) is 4. The lowest BCUT2D eigenvalue weighted by Crippen LogP contribution is -2.29. The van der Waals surface area contributed by atoms with Crippen molar-refractivity contribution in [2.24, 2.45) is 0 Å². The number of hydrogen-bond donors (Lipinski definition) is 2. The third-order valence-electron chi connectivity index (χ3n) is 3.87. The van der Waals surface area contributed by atoms with Crippen molar-refractivity contribution in [2.45, 2.75) is 38.6 Å². The monoisotopic (exact) mass is 367 g/mol. The van der Waals surface area contributed by atoms with Gasteiger partial charge in [0.2, 0.25) is 0 Å². The number of nitrogens with zero attached hydrogens (tertiary/aromatic N) is 2. The zero-order chi connectivity index (χ0) is 17.4. The minimum Gasteiger partial charge on any atom is -0.395 e. The van der Waals surface area contributed by atoms with Crippen LogP contribution >= 0.6 is 23.2 Å². The molecule has 0 aliphatic heterocycles. The number of rotatable bonds is 9. The summed E-state index contributed by atoms with van der Waals surface area (Å²) in [6.07, 6.45) is 6.87. The topological polar surface area (TPSA) is 58.0 Å². The number of aryl methyl sites for hydroxylation is 3. The van der Waals surface area contributed by atoms with E-state index in [0.717, 1.165) is 42.6 Å². The fourth-order valence-corrected chi connectivity index (χ4v) is 2.76. The summed E-state index contributed by atoms with van der Waals surface area (Å²) in [5.41, 5.74) is 3.13. The average molecular weight is 368 g/mol. The number of nitrogens with one attached hydrogen (secondary N) is 1. The van der Waals surface area contributed by atoms with E-state index in [4.69, 9.17) is 28.3 Å². The molecule has 0 spiro atoms. The van der Waals surface area contributed by atoms with Gasteiger partial charge in [0.05, 0.1) is 16.7 Å². The lowest BCUT2D eigenvalue weighted by molar-refractivity contribution is 0.284. The Balaban J connectivity index is 1.91. The first-order chi connectivity index (χ1) is 11.6. The Hall–Kier alpha value is -1.20. The number of aliphatic hydroxyl groups is 1. The van der Waals surface area contributed by atoms with Crippen molar-refractivity contribution in [2.75, 3.05) is 13.2 Å². The van der Waals surface area contributed by atoms with Crippen molar-refractivity contribution >= 4 is 23.2 Å². The highest BCUT2D eigenvalue weighted by Gasteiger charge is 2.07. The molecule has 0 saturated carbocycles. The van der Waals surface area contributed by atoms with Crippen molar-refractivity contribution in [3.05, 3.63) is 57.6 Å². The highest BCUT2D eigenvalue weighted by Crippen LogP contribution is 2.19. The standard InChI is InChI=1S/C18H23Cl2N3O/c1-13(21-8-9-24)2-5-17-10-14(18(20)12-23-17)3-6-16-7-4-15(19)11-22-16/h4,7,10-13,21,24H,2-3,5-6,8-9H2,1H3. The minimum absolute atomic E-state index is 0.159. The molecule has 2 aromatic rings. The Labute approximate surface area is 153 Å². The zero-order valence-corrected chi connectivity index (χ0v) is 15.3. The molecule has 0 aromatic carbocycles. The van der Waals surface area contributed by atoms with Crippen molar-refractivity contribution in [3.8, 4) is 0 Å². The van der Waals surface area contributed by atoms with Crippen molar-refractivity contribution in [1.29, 1.82) is 0 Å². The summed E-state index contributed by atoms with van der Waals surface area (Å²) < 4.78 is 0. The second-order valence-electron chi connectivity index (χ2n) is 5.85. The third kappa shape index (κ3) is 6.36. The molecule has 0 bridgehead atoms. The molecule has 130 valence electrons. The fraction of sp³-hybridized carbons (Fsp3) is 0.444. The summed E-state index contributed by atoms with van der Waals surface area (Å²) >= 11 is 12.1. The van der Waals surface area contributed by atoms with Crippen LogP contribution in [0.4, 0.5) is 0 Å². The summed E-state index contributed by atoms with van der Waals surface area (Å²) in [5.74, 6) is 0. The second-order valence-corrected chi connectivity index (χ2v) is 6.70. The molecule has 2 aromatic heterocycles. The molecule has 0 saturated heterocycles. The van der Waals surface area contributed by atoms with Gasteiger partial charge < -0.3 is 10.4 Å². The first-order valence-corrected chi connectivity index (χ1v) is 8.92. The van der Waals surface area contributed by atoms with E-state index in [1.165, 1.54) is 0 Å². The number of pyridine rings is 2. The van der Waals surface area contributed by atoms with Crippen LogP contribution in [0, 0.1) is 0 Å². The van der Waals surface area contributed by atoms with Gasteiger partial charge in [0.25, 0.3) is 0 Å². The molecule has 24 heavy (non-hydrogen) atoms. The summed E-state index contributed by atoms with van der Waals surface area (Å²) in [5, 5.41) is 13.4. The van der Waals surface area contributed by atoms with Gasteiger partial charge in [-0.3, -0.25) is 9.97 Å². The van der Waals surface area contributed by atoms with Crippen LogP contribution in [0.3, 0.4) is 0 Å². The maximum Gasteiger partial charge on any atom is 0.0621 e. The molecule has 1 atom stereocenters. The van der Waals surface area contributed by atoms with E-state index in [-0.39, 0.29) is 6.61 Å². The molecule has 0 fully saturated rings. The fourth-order valence-electron chi connectivity index (χ4n) is 2.45. The highest BCUT2D eigenvalue weighted by molar-refractivity contribution is 6.31. The van der Waals surface area contributed by atoms with Crippen LogP contribution in [0.5, 0.6) is 0 Å². The van der Waals surface area contributed by atoms with Gasteiger partial charge in [-0.05, 0) is 56.4 Å². The Bertz CT molecular complexity index is 635. The normalized spacial score (nSPS) is 12.3. The van der Waals surface area contributed by atoms with E-state index >= 15 is 0 Å². The van der Waals surface area contributed by atoms with Crippen molar-refractivity contribution < 1.29 is 5.11 Å². The van der Waals surface area contributed by atoms with Crippen LogP contribution in [0.2, 0.25) is 10.0 Å². The van der Waals surface area contributed by atoms with Crippen LogP contribution in [0.1, 0.15) is 30.3 Å². The maximum atomic E-state index is 8.83. The number of aromatic nitrogens is 2. The van der Waals surface area contributed by atoms with E-state index in [9.17, 15) is 0 Å². The molecule has 1 unspecified atom stereocenters. The van der Waals surface area contributed by atoms with Crippen LogP contribution in [-0.4, -0.2) is 34.3 Å². The molecule has 2 heterocycles.